The molecule has 110 valence electrons. The minimum Gasteiger partial charge on any atom is -0.480 e. The number of benzene rings is 1. The van der Waals surface area contributed by atoms with Gasteiger partial charge in [0.15, 0.2) is 0 Å². The topological polar surface area (TPSA) is 69.6 Å². The van der Waals surface area contributed by atoms with Crippen LogP contribution in [-0.2, 0) is 4.79 Å². The van der Waals surface area contributed by atoms with Crippen molar-refractivity contribution in [3.63, 3.8) is 0 Å². The highest BCUT2D eigenvalue weighted by Crippen LogP contribution is 2.16. The van der Waals surface area contributed by atoms with Gasteiger partial charge >= 0.3 is 12.0 Å². The molecule has 1 rings (SSSR count). The average molecular weight is 278 g/mol. The molecule has 2 amide bonds. The molecule has 0 unspecified atom stereocenters. The van der Waals surface area contributed by atoms with Crippen LogP contribution in [0.25, 0.3) is 0 Å². The van der Waals surface area contributed by atoms with Crippen LogP contribution in [0.15, 0.2) is 24.3 Å². The lowest BCUT2D eigenvalue weighted by molar-refractivity contribution is -0.139. The van der Waals surface area contributed by atoms with Gasteiger partial charge in [0.25, 0.3) is 0 Å². The molecular formula is C15H22N2O3. The molecule has 0 heterocycles. The number of carbonyl (C=O) groups is 2. The Hall–Kier alpha value is -2.04. The zero-order valence-electron chi connectivity index (χ0n) is 12.2. The van der Waals surface area contributed by atoms with Crippen LogP contribution in [0.5, 0.6) is 0 Å². The lowest BCUT2D eigenvalue weighted by atomic mass is 10.1. The summed E-state index contributed by atoms with van der Waals surface area (Å²) in [5.41, 5.74) is 1.82. The Bertz CT molecular complexity index is 474. The predicted octanol–water partition coefficient (Wildman–Crippen LogP) is 2.78. The number of hydrogen-bond donors (Lipinski definition) is 2. The summed E-state index contributed by atoms with van der Waals surface area (Å²) in [6, 6.07) is 6.35. The van der Waals surface area contributed by atoms with E-state index in [-0.39, 0.29) is 6.03 Å². The molecule has 0 radical (unpaired) electrons. The molecule has 1 aromatic carbocycles. The summed E-state index contributed by atoms with van der Waals surface area (Å²) in [6.07, 6.45) is 1.13. The summed E-state index contributed by atoms with van der Waals surface area (Å²) in [7, 11) is 0. The van der Waals surface area contributed by atoms with Gasteiger partial charge in [0.1, 0.15) is 6.04 Å². The number of hydrogen-bond acceptors (Lipinski definition) is 2. The highest BCUT2D eigenvalue weighted by molar-refractivity contribution is 5.94. The van der Waals surface area contributed by atoms with Crippen molar-refractivity contribution in [1.29, 1.82) is 0 Å². The van der Waals surface area contributed by atoms with Crippen molar-refractivity contribution in [2.24, 2.45) is 0 Å². The number of urea groups is 1. The van der Waals surface area contributed by atoms with Crippen LogP contribution in [0.2, 0.25) is 0 Å². The molecule has 20 heavy (non-hydrogen) atoms. The molecule has 0 aliphatic rings. The number of aryl methyl sites for hydroxylation is 1. The molecule has 0 fully saturated rings. The molecule has 0 bridgehead atoms. The molecule has 0 spiro atoms. The Morgan fingerprint density at radius 1 is 1.35 bits per heavy atom. The Balaban J connectivity index is 2.84. The lowest BCUT2D eigenvalue weighted by Crippen LogP contribution is -2.48. The summed E-state index contributed by atoms with van der Waals surface area (Å²) in [6.45, 7) is 6.18. The fourth-order valence-corrected chi connectivity index (χ4v) is 2.01. The number of carbonyl (C=O) groups excluding carboxylic acids is 1. The Labute approximate surface area is 119 Å². The van der Waals surface area contributed by atoms with Crippen molar-refractivity contribution in [3.8, 4) is 0 Å². The summed E-state index contributed by atoms with van der Waals surface area (Å²) < 4.78 is 0. The average Bonchev–Trinajstić information content (AvgIpc) is 2.39. The van der Waals surface area contributed by atoms with Crippen molar-refractivity contribution in [3.05, 3.63) is 29.8 Å². The SMILES string of the molecule is CCC[C@@H](NC(=O)N(CC)c1cccc(C)c1)C(=O)O. The van der Waals surface area contributed by atoms with E-state index >= 15 is 0 Å². The largest absolute Gasteiger partial charge is 0.480 e. The molecule has 0 aliphatic carbocycles. The second kappa shape index (κ2) is 7.53. The fraction of sp³-hybridized carbons (Fsp3) is 0.467. The molecule has 0 saturated carbocycles. The minimum absolute atomic E-state index is 0.376. The second-order valence-electron chi connectivity index (χ2n) is 4.71. The van der Waals surface area contributed by atoms with E-state index in [9.17, 15) is 9.59 Å². The number of nitrogens with one attached hydrogen (secondary N) is 1. The maximum atomic E-state index is 12.2. The molecule has 2 N–H and O–H groups in total. The van der Waals surface area contributed by atoms with E-state index in [1.165, 1.54) is 0 Å². The van der Waals surface area contributed by atoms with E-state index in [1.54, 1.807) is 4.90 Å². The van der Waals surface area contributed by atoms with Gasteiger partial charge in [-0.15, -0.1) is 0 Å². The van der Waals surface area contributed by atoms with Crippen LogP contribution in [0.1, 0.15) is 32.3 Å². The maximum Gasteiger partial charge on any atom is 0.326 e. The minimum atomic E-state index is -1.000. The first-order chi connectivity index (χ1) is 9.49. The maximum absolute atomic E-state index is 12.2. The van der Waals surface area contributed by atoms with Gasteiger partial charge in [0.05, 0.1) is 0 Å². The van der Waals surface area contributed by atoms with E-state index in [4.69, 9.17) is 5.11 Å². The van der Waals surface area contributed by atoms with Gasteiger partial charge in [-0.05, 0) is 38.0 Å². The standard InChI is InChI=1S/C15H22N2O3/c1-4-7-13(14(18)19)16-15(20)17(5-2)12-9-6-8-11(3)10-12/h6,8-10,13H,4-5,7H2,1-3H3,(H,16,20)(H,18,19)/t13-/m1/s1. The predicted molar refractivity (Wildman–Crippen MR) is 79.1 cm³/mol. The summed E-state index contributed by atoms with van der Waals surface area (Å²) in [4.78, 5) is 24.9. The first-order valence-corrected chi connectivity index (χ1v) is 6.87. The van der Waals surface area contributed by atoms with Crippen molar-refractivity contribution >= 4 is 17.7 Å². The van der Waals surface area contributed by atoms with Crippen LogP contribution in [-0.4, -0.2) is 29.7 Å². The van der Waals surface area contributed by atoms with Crippen molar-refractivity contribution in [2.45, 2.75) is 39.7 Å². The Kier molecular flexibility index (Phi) is 6.03. The smallest absolute Gasteiger partial charge is 0.326 e. The molecule has 1 aromatic rings. The number of rotatable bonds is 6. The van der Waals surface area contributed by atoms with Crippen LogP contribution >= 0.6 is 0 Å². The van der Waals surface area contributed by atoms with Crippen molar-refractivity contribution < 1.29 is 14.7 Å². The number of carboxylic acids is 1. The van der Waals surface area contributed by atoms with Gasteiger partial charge in [-0.25, -0.2) is 9.59 Å². The van der Waals surface area contributed by atoms with Gasteiger partial charge in [-0.1, -0.05) is 25.5 Å². The first kappa shape index (κ1) is 16.0. The second-order valence-corrected chi connectivity index (χ2v) is 4.71. The molecule has 0 aromatic heterocycles. The molecule has 0 aliphatic heterocycles. The van der Waals surface area contributed by atoms with E-state index in [2.05, 4.69) is 5.32 Å². The van der Waals surface area contributed by atoms with Crippen LogP contribution in [0.3, 0.4) is 0 Å². The van der Waals surface area contributed by atoms with E-state index in [0.29, 0.717) is 19.4 Å². The zero-order chi connectivity index (χ0) is 15.1. The van der Waals surface area contributed by atoms with Gasteiger partial charge < -0.3 is 10.4 Å². The number of amides is 2. The third kappa shape index (κ3) is 4.26. The quantitative estimate of drug-likeness (QED) is 0.840. The van der Waals surface area contributed by atoms with Crippen LogP contribution in [0.4, 0.5) is 10.5 Å². The van der Waals surface area contributed by atoms with Gasteiger partial charge in [-0.2, -0.15) is 0 Å². The number of carboxylic acid groups (broad SMARTS) is 1. The lowest BCUT2D eigenvalue weighted by Gasteiger charge is -2.24. The number of aliphatic carboxylic acids is 1. The molecule has 5 heteroatoms. The summed E-state index contributed by atoms with van der Waals surface area (Å²) in [5.74, 6) is -1.000. The van der Waals surface area contributed by atoms with Crippen LogP contribution in [0, 0.1) is 6.92 Å². The van der Waals surface area contributed by atoms with Gasteiger partial charge in [0, 0.05) is 12.2 Å². The third-order valence-corrected chi connectivity index (χ3v) is 3.05. The Morgan fingerprint density at radius 3 is 2.55 bits per heavy atom. The molecular weight excluding hydrogens is 256 g/mol. The molecule has 1 atom stereocenters. The first-order valence-electron chi connectivity index (χ1n) is 6.87. The summed E-state index contributed by atoms with van der Waals surface area (Å²) in [5, 5.41) is 11.7. The number of nitrogens with zero attached hydrogens (tertiary/aromatic N) is 1. The highest BCUT2D eigenvalue weighted by atomic mass is 16.4. The highest BCUT2D eigenvalue weighted by Gasteiger charge is 2.22. The summed E-state index contributed by atoms with van der Waals surface area (Å²) >= 11 is 0. The Morgan fingerprint density at radius 2 is 2.05 bits per heavy atom. The zero-order valence-corrected chi connectivity index (χ0v) is 12.2. The van der Waals surface area contributed by atoms with Crippen molar-refractivity contribution in [2.75, 3.05) is 11.4 Å². The molecule has 0 saturated heterocycles. The van der Waals surface area contributed by atoms with Gasteiger partial charge in [-0.3, -0.25) is 4.90 Å². The van der Waals surface area contributed by atoms with Gasteiger partial charge in [0.2, 0.25) is 0 Å². The number of anilines is 1. The van der Waals surface area contributed by atoms with E-state index < -0.39 is 12.0 Å². The van der Waals surface area contributed by atoms with Crippen molar-refractivity contribution in [1.82, 2.24) is 5.32 Å². The van der Waals surface area contributed by atoms with E-state index in [0.717, 1.165) is 11.3 Å². The molecule has 5 nitrogen and oxygen atoms in total. The monoisotopic (exact) mass is 278 g/mol. The third-order valence-electron chi connectivity index (χ3n) is 3.05. The van der Waals surface area contributed by atoms with E-state index in [1.807, 2.05) is 45.0 Å². The van der Waals surface area contributed by atoms with Crippen LogP contribution < -0.4 is 10.2 Å². The normalized spacial score (nSPS) is 11.8. The fourth-order valence-electron chi connectivity index (χ4n) is 2.01.